The van der Waals surface area contributed by atoms with Gasteiger partial charge in [-0.25, -0.2) is 0 Å². The van der Waals surface area contributed by atoms with Gasteiger partial charge in [-0.2, -0.15) is 12.6 Å². The maximum atomic E-state index is 12.2. The van der Waals surface area contributed by atoms with Crippen molar-refractivity contribution in [1.29, 1.82) is 0 Å². The lowest BCUT2D eigenvalue weighted by Gasteiger charge is -2.20. The molecule has 0 spiro atoms. The number of hydrogen-bond acceptors (Lipinski definition) is 4. The molecule has 0 N–H and O–H groups in total. The predicted octanol–water partition coefficient (Wildman–Crippen LogP) is 4.63. The number of carbonyl (C=O) groups excluding carboxylic acids is 1. The fourth-order valence-electron chi connectivity index (χ4n) is 1.55. The first-order valence-corrected chi connectivity index (χ1v) is 8.25. The maximum Gasteiger partial charge on any atom is 0.215 e. The van der Waals surface area contributed by atoms with Gasteiger partial charge in [0.25, 0.3) is 0 Å². The molecule has 0 saturated carbocycles. The van der Waals surface area contributed by atoms with Gasteiger partial charge < -0.3 is 0 Å². The summed E-state index contributed by atoms with van der Waals surface area (Å²) in [6, 6.07) is 7.94. The second kappa shape index (κ2) is 7.43. The van der Waals surface area contributed by atoms with Gasteiger partial charge in [-0.1, -0.05) is 48.2 Å². The van der Waals surface area contributed by atoms with Gasteiger partial charge in [0.15, 0.2) is 0 Å². The Hall–Kier alpha value is -0.580. The molecule has 0 fully saturated rings. The number of thioether (sulfide) groups is 1. The first kappa shape index (κ1) is 17.5. The highest BCUT2D eigenvalue weighted by Crippen LogP contribution is 2.28. The van der Waals surface area contributed by atoms with Gasteiger partial charge in [-0.05, 0) is 44.9 Å². The third-order valence-electron chi connectivity index (χ3n) is 2.83. The van der Waals surface area contributed by atoms with E-state index in [1.165, 1.54) is 11.8 Å². The average Bonchev–Trinajstić information content (AvgIpc) is 2.38. The minimum atomic E-state index is -0.167. The van der Waals surface area contributed by atoms with E-state index in [0.29, 0.717) is 16.2 Å². The molecule has 20 heavy (non-hydrogen) atoms. The van der Waals surface area contributed by atoms with E-state index in [0.717, 1.165) is 11.1 Å². The number of allylic oxidation sites excluding steroid dienone is 1. The fraction of sp³-hybridized carbons (Fsp3) is 0.375. The molecular weight excluding hydrogens is 304 g/mol. The zero-order valence-corrected chi connectivity index (χ0v) is 14.8. The lowest BCUT2D eigenvalue weighted by atomic mass is 10.0. The number of thiol groups is 1. The van der Waals surface area contributed by atoms with Crippen molar-refractivity contribution in [3.05, 3.63) is 47.0 Å². The highest BCUT2D eigenvalue weighted by atomic mass is 32.2. The zero-order valence-electron chi connectivity index (χ0n) is 12.3. The van der Waals surface area contributed by atoms with Gasteiger partial charge >= 0.3 is 0 Å². The summed E-state index contributed by atoms with van der Waals surface area (Å²) in [6.07, 6.45) is 1.79. The van der Waals surface area contributed by atoms with Crippen molar-refractivity contribution in [1.82, 2.24) is 0 Å². The Morgan fingerprint density at radius 2 is 2.00 bits per heavy atom. The Morgan fingerprint density at radius 3 is 2.55 bits per heavy atom. The van der Waals surface area contributed by atoms with Crippen molar-refractivity contribution in [3.8, 4) is 0 Å². The molecule has 0 aliphatic heterocycles. The van der Waals surface area contributed by atoms with E-state index < -0.39 is 0 Å². The second-order valence-corrected chi connectivity index (χ2v) is 7.75. The van der Waals surface area contributed by atoms with Crippen molar-refractivity contribution in [3.63, 3.8) is 0 Å². The smallest absolute Gasteiger partial charge is 0.215 e. The van der Waals surface area contributed by atoms with Crippen molar-refractivity contribution in [2.24, 2.45) is 0 Å². The van der Waals surface area contributed by atoms with Crippen molar-refractivity contribution in [2.75, 3.05) is 5.75 Å². The van der Waals surface area contributed by atoms with Crippen LogP contribution in [0.5, 0.6) is 0 Å². The van der Waals surface area contributed by atoms with Crippen molar-refractivity contribution >= 4 is 46.6 Å². The summed E-state index contributed by atoms with van der Waals surface area (Å²) in [5.74, 6) is 0.652. The molecule has 0 atom stereocenters. The number of benzene rings is 1. The Labute approximate surface area is 136 Å². The highest BCUT2D eigenvalue weighted by Gasteiger charge is 2.22. The van der Waals surface area contributed by atoms with Crippen LogP contribution in [0.15, 0.2) is 35.9 Å². The minimum absolute atomic E-state index is 0.0555. The summed E-state index contributed by atoms with van der Waals surface area (Å²) < 4.78 is -0.167. The Bertz CT molecular complexity index is 544. The van der Waals surface area contributed by atoms with Crippen LogP contribution in [0.1, 0.15) is 31.9 Å². The summed E-state index contributed by atoms with van der Waals surface area (Å²) in [5, 5.41) is 0.0555. The summed E-state index contributed by atoms with van der Waals surface area (Å²) in [4.78, 5) is 12.9. The molecule has 0 amide bonds. The van der Waals surface area contributed by atoms with E-state index in [4.69, 9.17) is 12.2 Å². The Kier molecular flexibility index (Phi) is 6.49. The summed E-state index contributed by atoms with van der Waals surface area (Å²) >= 11 is 11.0. The van der Waals surface area contributed by atoms with E-state index in [9.17, 15) is 4.79 Å². The molecule has 0 radical (unpaired) electrons. The number of carbonyl (C=O) groups is 1. The molecule has 1 rings (SSSR count). The van der Waals surface area contributed by atoms with Gasteiger partial charge in [0.05, 0.1) is 0 Å². The zero-order chi connectivity index (χ0) is 15.3. The third-order valence-corrected chi connectivity index (χ3v) is 5.38. The quantitative estimate of drug-likeness (QED) is 0.368. The molecule has 4 heteroatoms. The van der Waals surface area contributed by atoms with Crippen LogP contribution in [0.25, 0.3) is 0 Å². The molecule has 0 aliphatic rings. The van der Waals surface area contributed by atoms with Gasteiger partial charge in [-0.15, -0.1) is 0 Å². The van der Waals surface area contributed by atoms with Crippen molar-refractivity contribution < 1.29 is 4.79 Å². The maximum absolute atomic E-state index is 12.2. The molecule has 108 valence electrons. The van der Waals surface area contributed by atoms with E-state index in [2.05, 4.69) is 12.6 Å². The van der Waals surface area contributed by atoms with Crippen LogP contribution in [-0.2, 0) is 4.79 Å². The molecule has 0 heterocycles. The average molecular weight is 325 g/mol. The van der Waals surface area contributed by atoms with Gasteiger partial charge in [-0.3, -0.25) is 4.79 Å². The molecule has 0 unspecified atom stereocenters. The van der Waals surface area contributed by atoms with Crippen LogP contribution in [0.2, 0.25) is 0 Å². The molecule has 0 saturated heterocycles. The summed E-state index contributed by atoms with van der Waals surface area (Å²) in [6.45, 7) is 7.85. The highest BCUT2D eigenvalue weighted by molar-refractivity contribution is 8.15. The van der Waals surface area contributed by atoms with E-state index in [1.54, 1.807) is 6.08 Å². The predicted molar refractivity (Wildman–Crippen MR) is 97.2 cm³/mol. The molecule has 1 aromatic carbocycles. The minimum Gasteiger partial charge on any atom is -0.282 e. The van der Waals surface area contributed by atoms with Crippen LogP contribution in [0, 0.1) is 6.92 Å². The molecule has 1 aromatic rings. The Balaban J connectivity index is 2.86. The third kappa shape index (κ3) is 5.08. The molecule has 0 aliphatic carbocycles. The number of rotatable bonds is 5. The van der Waals surface area contributed by atoms with E-state index in [1.807, 2.05) is 52.0 Å². The largest absolute Gasteiger partial charge is 0.282 e. The van der Waals surface area contributed by atoms with Crippen LogP contribution < -0.4 is 0 Å². The lowest BCUT2D eigenvalue weighted by molar-refractivity contribution is -0.107. The van der Waals surface area contributed by atoms with Crippen LogP contribution in [-0.4, -0.2) is 20.5 Å². The second-order valence-electron chi connectivity index (χ2n) is 5.31. The molecule has 0 bridgehead atoms. The fourth-order valence-corrected chi connectivity index (χ4v) is 2.93. The molecule has 0 aromatic heterocycles. The van der Waals surface area contributed by atoms with Crippen molar-refractivity contribution in [2.45, 2.75) is 32.4 Å². The normalized spacial score (nSPS) is 12.3. The number of thiocarbonyl (C=S) groups is 1. The number of hydrogen-bond donors (Lipinski definition) is 1. The van der Waals surface area contributed by atoms with Crippen LogP contribution in [0.3, 0.4) is 0 Å². The monoisotopic (exact) mass is 324 g/mol. The van der Waals surface area contributed by atoms with Gasteiger partial charge in [0.2, 0.25) is 5.12 Å². The first-order valence-electron chi connectivity index (χ1n) is 6.39. The van der Waals surface area contributed by atoms with Crippen LogP contribution >= 0.6 is 36.6 Å². The SMILES string of the molecule is C/C(=C\C(=S)c1ccccc1C)C(=O)SC(C)(C)CS. The molecular formula is C16H20OS3. The van der Waals surface area contributed by atoms with E-state index >= 15 is 0 Å². The summed E-state index contributed by atoms with van der Waals surface area (Å²) in [5.41, 5.74) is 2.81. The lowest BCUT2D eigenvalue weighted by Crippen LogP contribution is -2.20. The standard InChI is InChI=1S/C16H20OS3/c1-11-7-5-6-8-13(11)14(19)9-12(2)15(17)20-16(3,4)10-18/h5-9,18H,10H2,1-4H3/b12-9+. The van der Waals surface area contributed by atoms with Crippen LogP contribution in [0.4, 0.5) is 0 Å². The first-order chi connectivity index (χ1) is 9.26. The summed E-state index contributed by atoms with van der Waals surface area (Å²) in [7, 11) is 0. The number of aryl methyl sites for hydroxylation is 1. The van der Waals surface area contributed by atoms with Gasteiger partial charge in [0.1, 0.15) is 0 Å². The Morgan fingerprint density at radius 1 is 1.40 bits per heavy atom. The van der Waals surface area contributed by atoms with E-state index in [-0.39, 0.29) is 9.86 Å². The molecule has 1 nitrogen and oxygen atoms in total. The topological polar surface area (TPSA) is 17.1 Å². The van der Waals surface area contributed by atoms with Gasteiger partial charge in [0, 0.05) is 20.9 Å².